The summed E-state index contributed by atoms with van der Waals surface area (Å²) in [6.45, 7) is 3.84. The van der Waals surface area contributed by atoms with Crippen LogP contribution in [0, 0.1) is 13.8 Å². The number of para-hydroxylation sites is 2. The van der Waals surface area contributed by atoms with Crippen LogP contribution >= 0.6 is 0 Å². The van der Waals surface area contributed by atoms with Crippen LogP contribution in [0.4, 0.5) is 5.82 Å². The minimum Gasteiger partial charge on any atom is -0.384 e. The molecule has 2 heterocycles. The number of nitrogen functional groups attached to an aromatic ring is 1. The maximum Gasteiger partial charge on any atom is 0.212 e. The van der Waals surface area contributed by atoms with Crippen LogP contribution in [0.3, 0.4) is 0 Å². The van der Waals surface area contributed by atoms with Gasteiger partial charge in [0.25, 0.3) is 0 Å². The van der Waals surface area contributed by atoms with Crippen molar-refractivity contribution in [1.82, 2.24) is 14.5 Å². The molecule has 154 valence electrons. The average molecular weight is 429 g/mol. The summed E-state index contributed by atoms with van der Waals surface area (Å²) >= 11 is 0. The van der Waals surface area contributed by atoms with Gasteiger partial charge in [-0.15, -0.1) is 0 Å². The van der Waals surface area contributed by atoms with Gasteiger partial charge in [-0.05, 0) is 55.8 Å². The van der Waals surface area contributed by atoms with E-state index in [0.717, 1.165) is 16.8 Å². The lowest BCUT2D eigenvalue weighted by Gasteiger charge is -2.09. The molecule has 0 saturated carbocycles. The summed E-state index contributed by atoms with van der Waals surface area (Å²) in [5.74, 6) is 0.0932. The van der Waals surface area contributed by atoms with Gasteiger partial charge >= 0.3 is 0 Å². The summed E-state index contributed by atoms with van der Waals surface area (Å²) < 4.78 is 29.1. The number of sulfone groups is 1. The molecular weight excluding hydrogens is 408 g/mol. The highest BCUT2D eigenvalue weighted by Crippen LogP contribution is 2.37. The lowest BCUT2D eigenvalue weighted by molar-refractivity contribution is 0.597. The van der Waals surface area contributed by atoms with Crippen LogP contribution in [-0.2, 0) is 9.84 Å². The van der Waals surface area contributed by atoms with Crippen LogP contribution < -0.4 is 5.73 Å². The van der Waals surface area contributed by atoms with Gasteiger partial charge in [0.2, 0.25) is 9.84 Å². The van der Waals surface area contributed by atoms with E-state index in [2.05, 4.69) is 4.98 Å². The normalized spacial score (nSPS) is 11.9. The molecule has 5 rings (SSSR count). The minimum absolute atomic E-state index is 0.0214. The van der Waals surface area contributed by atoms with Crippen molar-refractivity contribution in [2.75, 3.05) is 5.73 Å². The number of nitrogens with zero attached hydrogens (tertiary/aromatic N) is 3. The molecular formula is C24H20N4O2S. The van der Waals surface area contributed by atoms with E-state index >= 15 is 0 Å². The van der Waals surface area contributed by atoms with E-state index in [1.807, 2.05) is 68.4 Å². The summed E-state index contributed by atoms with van der Waals surface area (Å²) in [6.07, 6.45) is 0. The largest absolute Gasteiger partial charge is 0.384 e. The van der Waals surface area contributed by atoms with Crippen molar-refractivity contribution < 1.29 is 8.42 Å². The number of hydrogen-bond donors (Lipinski definition) is 1. The number of aromatic nitrogens is 3. The number of benzene rings is 3. The predicted octanol–water partition coefficient (Wildman–Crippen LogP) is 4.61. The van der Waals surface area contributed by atoms with Gasteiger partial charge in [-0.3, -0.25) is 4.57 Å². The smallest absolute Gasteiger partial charge is 0.212 e. The molecule has 2 N–H and O–H groups in total. The quantitative estimate of drug-likeness (QED) is 0.453. The zero-order chi connectivity index (χ0) is 21.8. The Morgan fingerprint density at radius 1 is 0.806 bits per heavy atom. The number of rotatable bonds is 3. The summed E-state index contributed by atoms with van der Waals surface area (Å²) in [6, 6.07) is 21.8. The molecule has 0 unspecified atom stereocenters. The summed E-state index contributed by atoms with van der Waals surface area (Å²) in [4.78, 5) is 9.57. The zero-order valence-corrected chi connectivity index (χ0v) is 17.9. The maximum absolute atomic E-state index is 13.7. The van der Waals surface area contributed by atoms with Crippen molar-refractivity contribution >= 4 is 37.9 Å². The molecule has 0 aliphatic carbocycles. The van der Waals surface area contributed by atoms with Crippen LogP contribution in [0.2, 0.25) is 0 Å². The third-order valence-electron chi connectivity index (χ3n) is 5.31. The van der Waals surface area contributed by atoms with E-state index in [4.69, 9.17) is 10.7 Å². The average Bonchev–Trinajstić information content (AvgIpc) is 3.04. The second kappa shape index (κ2) is 6.92. The Labute approximate surface area is 179 Å². The first kappa shape index (κ1) is 19.3. The fourth-order valence-corrected chi connectivity index (χ4v) is 5.35. The molecule has 0 amide bonds. The highest BCUT2D eigenvalue weighted by atomic mass is 32.2. The maximum atomic E-state index is 13.7. The molecule has 5 aromatic rings. The number of nitrogens with two attached hydrogens (primary N) is 1. The van der Waals surface area contributed by atoms with Crippen LogP contribution in [-0.4, -0.2) is 23.0 Å². The molecule has 6 nitrogen and oxygen atoms in total. The van der Waals surface area contributed by atoms with Crippen LogP contribution in [0.25, 0.3) is 27.9 Å². The Kier molecular flexibility index (Phi) is 4.30. The van der Waals surface area contributed by atoms with Gasteiger partial charge in [0.15, 0.2) is 5.65 Å². The summed E-state index contributed by atoms with van der Waals surface area (Å²) in [7, 11) is -3.93. The Balaban J connectivity index is 1.91. The minimum atomic E-state index is -3.93. The molecule has 0 fully saturated rings. The van der Waals surface area contributed by atoms with Crippen molar-refractivity contribution in [2.45, 2.75) is 23.6 Å². The number of anilines is 1. The molecule has 2 aromatic heterocycles. The molecule has 0 bridgehead atoms. The summed E-state index contributed by atoms with van der Waals surface area (Å²) in [5.41, 5.74) is 11.1. The predicted molar refractivity (Wildman–Crippen MR) is 122 cm³/mol. The van der Waals surface area contributed by atoms with Crippen LogP contribution in [0.5, 0.6) is 0 Å². The van der Waals surface area contributed by atoms with Gasteiger partial charge in [-0.25, -0.2) is 18.4 Å². The number of fused-ring (bicyclic) bond motifs is 2. The van der Waals surface area contributed by atoms with E-state index in [1.54, 1.807) is 22.8 Å². The molecule has 0 aliphatic heterocycles. The molecule has 3 aromatic carbocycles. The first-order valence-electron chi connectivity index (χ1n) is 9.82. The molecule has 31 heavy (non-hydrogen) atoms. The lowest BCUT2D eigenvalue weighted by atomic mass is 10.2. The Hall–Kier alpha value is -3.71. The Morgan fingerprint density at radius 3 is 2.16 bits per heavy atom. The van der Waals surface area contributed by atoms with Gasteiger partial charge in [0.05, 0.1) is 15.9 Å². The molecule has 0 radical (unpaired) electrons. The molecule has 0 spiro atoms. The van der Waals surface area contributed by atoms with E-state index < -0.39 is 9.84 Å². The second-order valence-electron chi connectivity index (χ2n) is 7.59. The third-order valence-corrected chi connectivity index (χ3v) is 7.13. The van der Waals surface area contributed by atoms with E-state index in [9.17, 15) is 8.42 Å². The van der Waals surface area contributed by atoms with Crippen LogP contribution in [0.1, 0.15) is 11.1 Å². The van der Waals surface area contributed by atoms with Gasteiger partial charge in [0, 0.05) is 5.69 Å². The van der Waals surface area contributed by atoms with Crippen LogP contribution in [0.15, 0.2) is 82.6 Å². The van der Waals surface area contributed by atoms with E-state index in [-0.39, 0.29) is 21.1 Å². The molecule has 0 atom stereocenters. The third kappa shape index (κ3) is 3.05. The van der Waals surface area contributed by atoms with E-state index in [1.165, 1.54) is 0 Å². The van der Waals surface area contributed by atoms with Gasteiger partial charge < -0.3 is 5.73 Å². The van der Waals surface area contributed by atoms with E-state index in [0.29, 0.717) is 16.7 Å². The molecule has 0 saturated heterocycles. The fourth-order valence-electron chi connectivity index (χ4n) is 3.76. The topological polar surface area (TPSA) is 90.9 Å². The fraction of sp³-hybridized carbons (Fsp3) is 0.0833. The van der Waals surface area contributed by atoms with Crippen molar-refractivity contribution in [3.63, 3.8) is 0 Å². The monoisotopic (exact) mass is 428 g/mol. The van der Waals surface area contributed by atoms with Gasteiger partial charge in [0.1, 0.15) is 16.2 Å². The molecule has 7 heteroatoms. The summed E-state index contributed by atoms with van der Waals surface area (Å²) in [5, 5.41) is 0. The first-order valence-corrected chi connectivity index (χ1v) is 11.3. The van der Waals surface area contributed by atoms with Gasteiger partial charge in [-0.1, -0.05) is 42.0 Å². The lowest BCUT2D eigenvalue weighted by Crippen LogP contribution is -2.07. The van der Waals surface area contributed by atoms with Crippen molar-refractivity contribution in [2.24, 2.45) is 0 Å². The standard InChI is InChI=1S/C24H20N4O2S/c1-15-10-12-17(13-11-15)28-23(25)22(31(29,30)18-7-5-6-16(2)14-18)21-24(28)27-20-9-4-3-8-19(20)26-21/h3-14H,25H2,1-2H3. The number of aryl methyl sites for hydroxylation is 2. The van der Waals surface area contributed by atoms with Crippen molar-refractivity contribution in [3.05, 3.63) is 83.9 Å². The zero-order valence-electron chi connectivity index (χ0n) is 17.1. The van der Waals surface area contributed by atoms with Gasteiger partial charge in [-0.2, -0.15) is 0 Å². The SMILES string of the molecule is Cc1ccc(-n2c(N)c(S(=O)(=O)c3cccc(C)c3)c3nc4ccccc4nc32)cc1. The van der Waals surface area contributed by atoms with Crippen molar-refractivity contribution in [1.29, 1.82) is 0 Å². The highest BCUT2D eigenvalue weighted by molar-refractivity contribution is 7.92. The Morgan fingerprint density at radius 2 is 1.48 bits per heavy atom. The first-order chi connectivity index (χ1) is 14.9. The highest BCUT2D eigenvalue weighted by Gasteiger charge is 2.30. The number of hydrogen-bond acceptors (Lipinski definition) is 5. The van der Waals surface area contributed by atoms with Crippen molar-refractivity contribution in [3.8, 4) is 5.69 Å². The Bertz CT molecular complexity index is 1570. The molecule has 0 aliphatic rings. The second-order valence-corrected chi connectivity index (χ2v) is 9.48.